The van der Waals surface area contributed by atoms with Gasteiger partial charge in [-0.25, -0.2) is 8.42 Å². The average molecular weight is 435 g/mol. The first kappa shape index (κ1) is 20.0. The molecule has 0 atom stereocenters. The van der Waals surface area contributed by atoms with E-state index in [1.165, 1.54) is 4.31 Å². The van der Waals surface area contributed by atoms with Crippen molar-refractivity contribution in [1.82, 2.24) is 9.21 Å². The van der Waals surface area contributed by atoms with Crippen molar-refractivity contribution in [3.05, 3.63) is 29.5 Å². The molecule has 3 saturated heterocycles. The number of fused-ring (bicyclic) bond motifs is 1. The lowest BCUT2D eigenvalue weighted by Crippen LogP contribution is -2.47. The van der Waals surface area contributed by atoms with Gasteiger partial charge in [0.25, 0.3) is 5.91 Å². The number of rotatable bonds is 3. The second kappa shape index (κ2) is 7.33. The lowest BCUT2D eigenvalue weighted by Gasteiger charge is -2.37. The maximum atomic E-state index is 13.1. The van der Waals surface area contributed by atoms with Crippen molar-refractivity contribution in [2.45, 2.75) is 43.3 Å². The third-order valence-corrected chi connectivity index (χ3v) is 8.33. The summed E-state index contributed by atoms with van der Waals surface area (Å²) in [6, 6.07) is 4.84. The summed E-state index contributed by atoms with van der Waals surface area (Å²) in [6.45, 7) is 5.17. The number of sulfonamides is 1. The molecule has 8 nitrogen and oxygen atoms in total. The summed E-state index contributed by atoms with van der Waals surface area (Å²) in [5.41, 5.74) is 1.19. The van der Waals surface area contributed by atoms with Crippen LogP contribution in [0, 0.1) is 6.92 Å². The zero-order valence-corrected chi connectivity index (χ0v) is 17.9. The van der Waals surface area contributed by atoms with Crippen LogP contribution in [0.2, 0.25) is 0 Å². The number of piperidine rings is 1. The van der Waals surface area contributed by atoms with Crippen molar-refractivity contribution >= 4 is 26.9 Å². The average Bonchev–Trinajstić information content (AvgIpc) is 3.50. The van der Waals surface area contributed by atoms with Gasteiger partial charge in [0.1, 0.15) is 5.58 Å². The Kier molecular flexibility index (Phi) is 4.89. The number of hydrogen-bond acceptors (Lipinski definition) is 6. The van der Waals surface area contributed by atoms with Crippen molar-refractivity contribution < 1.29 is 27.1 Å². The zero-order chi connectivity index (χ0) is 20.9. The van der Waals surface area contributed by atoms with Gasteiger partial charge in [0, 0.05) is 50.0 Å². The molecule has 3 aliphatic rings. The van der Waals surface area contributed by atoms with Crippen LogP contribution in [-0.2, 0) is 19.5 Å². The number of likely N-dealkylation sites (tertiary alicyclic amines) is 1. The highest BCUT2D eigenvalue weighted by Gasteiger charge is 2.41. The third-order valence-electron chi connectivity index (χ3n) is 6.43. The molecule has 3 aliphatic heterocycles. The molecule has 30 heavy (non-hydrogen) atoms. The van der Waals surface area contributed by atoms with Gasteiger partial charge < -0.3 is 18.8 Å². The normalized spacial score (nSPS) is 22.4. The molecule has 3 fully saturated rings. The first-order valence-corrected chi connectivity index (χ1v) is 11.9. The van der Waals surface area contributed by atoms with Crippen molar-refractivity contribution in [1.29, 1.82) is 0 Å². The Morgan fingerprint density at radius 2 is 1.70 bits per heavy atom. The monoisotopic (exact) mass is 434 g/mol. The molecular formula is C21H26N2O6S. The van der Waals surface area contributed by atoms with Gasteiger partial charge in [0.05, 0.1) is 18.1 Å². The van der Waals surface area contributed by atoms with Crippen LogP contribution in [0.5, 0.6) is 0 Å². The number of carbonyl (C=O) groups is 1. The van der Waals surface area contributed by atoms with Crippen LogP contribution < -0.4 is 0 Å². The van der Waals surface area contributed by atoms with Crippen LogP contribution in [0.4, 0.5) is 0 Å². The summed E-state index contributed by atoms with van der Waals surface area (Å²) in [4.78, 5) is 15.1. The Morgan fingerprint density at radius 1 is 1.03 bits per heavy atom. The summed E-state index contributed by atoms with van der Waals surface area (Å²) in [6.07, 6.45) is 3.04. The molecule has 1 spiro atoms. The third kappa shape index (κ3) is 3.24. The van der Waals surface area contributed by atoms with E-state index in [1.807, 2.05) is 0 Å². The fourth-order valence-electron chi connectivity index (χ4n) is 4.62. The molecule has 1 aromatic heterocycles. The maximum absolute atomic E-state index is 13.1. The van der Waals surface area contributed by atoms with E-state index in [-0.39, 0.29) is 16.6 Å². The number of amides is 1. The van der Waals surface area contributed by atoms with E-state index in [0.29, 0.717) is 68.8 Å². The van der Waals surface area contributed by atoms with Crippen molar-refractivity contribution in [2.75, 3.05) is 39.4 Å². The second-order valence-electron chi connectivity index (χ2n) is 8.23. The highest BCUT2D eigenvalue weighted by atomic mass is 32.2. The van der Waals surface area contributed by atoms with Crippen LogP contribution in [0.25, 0.3) is 11.0 Å². The van der Waals surface area contributed by atoms with Crippen LogP contribution >= 0.6 is 0 Å². The molecule has 0 unspecified atom stereocenters. The molecule has 0 aliphatic carbocycles. The van der Waals surface area contributed by atoms with Gasteiger partial charge in [-0.15, -0.1) is 0 Å². The first-order valence-electron chi connectivity index (χ1n) is 10.5. The largest absolute Gasteiger partial charge is 0.451 e. The number of nitrogens with zero attached hydrogens (tertiary/aromatic N) is 2. The Hall–Kier alpha value is -1.94. The Morgan fingerprint density at radius 3 is 2.37 bits per heavy atom. The highest BCUT2D eigenvalue weighted by Crippen LogP contribution is 2.34. The molecule has 4 heterocycles. The molecule has 0 bridgehead atoms. The number of benzene rings is 1. The van der Waals surface area contributed by atoms with Gasteiger partial charge in [-0.2, -0.15) is 4.31 Å². The van der Waals surface area contributed by atoms with Crippen LogP contribution in [0.15, 0.2) is 27.5 Å². The topological polar surface area (TPSA) is 89.3 Å². The van der Waals surface area contributed by atoms with Gasteiger partial charge >= 0.3 is 0 Å². The summed E-state index contributed by atoms with van der Waals surface area (Å²) in [7, 11) is -3.52. The minimum absolute atomic E-state index is 0.180. The van der Waals surface area contributed by atoms with E-state index in [1.54, 1.807) is 30.0 Å². The summed E-state index contributed by atoms with van der Waals surface area (Å²) in [5.74, 6) is -0.455. The summed E-state index contributed by atoms with van der Waals surface area (Å²) in [5, 5.41) is 0.662. The minimum atomic E-state index is -3.52. The zero-order valence-electron chi connectivity index (χ0n) is 17.1. The first-order chi connectivity index (χ1) is 14.4. The molecule has 0 saturated carbocycles. The van der Waals surface area contributed by atoms with Crippen LogP contribution in [-0.4, -0.2) is 68.7 Å². The standard InChI is InChI=1S/C21H26N2O6S/c1-15-17-14-16(30(25,26)23-8-2-3-9-23)4-5-18(17)29-19(15)20(24)22-10-6-21(7-11-22)27-12-13-28-21/h4-5,14H,2-3,6-13H2,1H3. The summed E-state index contributed by atoms with van der Waals surface area (Å²) < 4.78 is 44.6. The van der Waals surface area contributed by atoms with E-state index in [4.69, 9.17) is 13.9 Å². The SMILES string of the molecule is Cc1c(C(=O)N2CCC3(CC2)OCCO3)oc2ccc(S(=O)(=O)N3CCCC3)cc12. The molecule has 1 amide bonds. The van der Waals surface area contributed by atoms with Gasteiger partial charge in [0.15, 0.2) is 11.5 Å². The number of hydrogen-bond donors (Lipinski definition) is 0. The summed E-state index contributed by atoms with van der Waals surface area (Å²) >= 11 is 0. The molecule has 1 aromatic carbocycles. The lowest BCUT2D eigenvalue weighted by molar-refractivity contribution is -0.181. The van der Waals surface area contributed by atoms with Gasteiger partial charge in [0.2, 0.25) is 10.0 Å². The molecule has 0 N–H and O–H groups in total. The van der Waals surface area contributed by atoms with E-state index < -0.39 is 15.8 Å². The Bertz CT molecular complexity index is 1070. The fourth-order valence-corrected chi connectivity index (χ4v) is 6.17. The van der Waals surface area contributed by atoms with Gasteiger partial charge in [-0.3, -0.25) is 4.79 Å². The van der Waals surface area contributed by atoms with Crippen molar-refractivity contribution in [2.24, 2.45) is 0 Å². The molecule has 0 radical (unpaired) electrons. The number of furan rings is 1. The van der Waals surface area contributed by atoms with E-state index in [2.05, 4.69) is 0 Å². The molecule has 162 valence electrons. The lowest BCUT2D eigenvalue weighted by atomic mass is 10.0. The molecule has 2 aromatic rings. The van der Waals surface area contributed by atoms with Gasteiger partial charge in [-0.05, 0) is 38.0 Å². The quantitative estimate of drug-likeness (QED) is 0.738. The number of aryl methyl sites for hydroxylation is 1. The maximum Gasteiger partial charge on any atom is 0.289 e. The molecular weight excluding hydrogens is 408 g/mol. The number of ether oxygens (including phenoxy) is 2. The Balaban J connectivity index is 1.40. The van der Waals surface area contributed by atoms with E-state index in [0.717, 1.165) is 12.8 Å². The predicted octanol–water partition coefficient (Wildman–Crippen LogP) is 2.50. The van der Waals surface area contributed by atoms with E-state index in [9.17, 15) is 13.2 Å². The fraction of sp³-hybridized carbons (Fsp3) is 0.571. The Labute approximate surface area is 175 Å². The second-order valence-corrected chi connectivity index (χ2v) is 10.2. The smallest absolute Gasteiger partial charge is 0.289 e. The van der Waals surface area contributed by atoms with Crippen molar-refractivity contribution in [3.8, 4) is 0 Å². The van der Waals surface area contributed by atoms with Crippen LogP contribution in [0.3, 0.4) is 0 Å². The minimum Gasteiger partial charge on any atom is -0.451 e. The molecule has 9 heteroatoms. The highest BCUT2D eigenvalue weighted by molar-refractivity contribution is 7.89. The number of carbonyl (C=O) groups excluding carboxylic acids is 1. The van der Waals surface area contributed by atoms with Gasteiger partial charge in [-0.1, -0.05) is 0 Å². The molecule has 5 rings (SSSR count). The van der Waals surface area contributed by atoms with Crippen LogP contribution in [0.1, 0.15) is 41.8 Å². The van der Waals surface area contributed by atoms with E-state index >= 15 is 0 Å². The predicted molar refractivity (Wildman–Crippen MR) is 109 cm³/mol. The van der Waals surface area contributed by atoms with Crippen molar-refractivity contribution in [3.63, 3.8) is 0 Å².